The van der Waals surface area contributed by atoms with E-state index in [1.165, 1.54) is 15.2 Å². The molecular formula is C20H23N5O4. The van der Waals surface area contributed by atoms with E-state index in [-0.39, 0.29) is 12.1 Å². The molecule has 0 unspecified atom stereocenters. The first kappa shape index (κ1) is 18.9. The summed E-state index contributed by atoms with van der Waals surface area (Å²) in [5.41, 5.74) is 0.841. The molecule has 9 nitrogen and oxygen atoms in total. The molecule has 1 aliphatic heterocycles. The van der Waals surface area contributed by atoms with Gasteiger partial charge in [-0.2, -0.15) is 4.98 Å². The van der Waals surface area contributed by atoms with Crippen LogP contribution in [0.15, 0.2) is 40.4 Å². The van der Waals surface area contributed by atoms with Crippen LogP contribution in [-0.4, -0.2) is 39.4 Å². The fourth-order valence-corrected chi connectivity index (χ4v) is 3.79. The van der Waals surface area contributed by atoms with Gasteiger partial charge < -0.3 is 18.9 Å². The lowest BCUT2D eigenvalue weighted by Gasteiger charge is -2.30. The van der Waals surface area contributed by atoms with Gasteiger partial charge in [0, 0.05) is 32.7 Å². The number of benzene rings is 1. The SMILES string of the molecule is C=CCn1c(=O)c2c(nc3n2CCCN3c2ccc(OC)cc2OC)n(C)c1=O. The summed E-state index contributed by atoms with van der Waals surface area (Å²) in [6.07, 6.45) is 2.36. The molecule has 0 spiro atoms. The van der Waals surface area contributed by atoms with Crippen LogP contribution >= 0.6 is 0 Å². The summed E-state index contributed by atoms with van der Waals surface area (Å²) in [7, 11) is 4.83. The van der Waals surface area contributed by atoms with E-state index >= 15 is 0 Å². The van der Waals surface area contributed by atoms with Crippen LogP contribution in [0.1, 0.15) is 6.42 Å². The van der Waals surface area contributed by atoms with Crippen molar-refractivity contribution in [2.24, 2.45) is 7.05 Å². The maximum Gasteiger partial charge on any atom is 0.332 e. The number of ether oxygens (including phenoxy) is 2. The van der Waals surface area contributed by atoms with Crippen molar-refractivity contribution in [2.45, 2.75) is 19.5 Å². The van der Waals surface area contributed by atoms with E-state index in [2.05, 4.69) is 11.6 Å². The second-order valence-corrected chi connectivity index (χ2v) is 6.82. The van der Waals surface area contributed by atoms with Gasteiger partial charge in [-0.05, 0) is 18.6 Å². The smallest absolute Gasteiger partial charge is 0.332 e. The van der Waals surface area contributed by atoms with Gasteiger partial charge in [-0.1, -0.05) is 6.08 Å². The summed E-state index contributed by atoms with van der Waals surface area (Å²) in [5, 5.41) is 0. The zero-order valence-electron chi connectivity index (χ0n) is 16.7. The molecule has 4 rings (SSSR count). The highest BCUT2D eigenvalue weighted by molar-refractivity contribution is 5.78. The number of rotatable bonds is 5. The van der Waals surface area contributed by atoms with Crippen LogP contribution in [0, 0.1) is 0 Å². The Morgan fingerprint density at radius 2 is 2.00 bits per heavy atom. The number of hydrogen-bond acceptors (Lipinski definition) is 6. The van der Waals surface area contributed by atoms with Crippen LogP contribution in [0.5, 0.6) is 11.5 Å². The monoisotopic (exact) mass is 397 g/mol. The van der Waals surface area contributed by atoms with Crippen molar-refractivity contribution in [3.05, 3.63) is 51.7 Å². The molecule has 3 heterocycles. The highest BCUT2D eigenvalue weighted by atomic mass is 16.5. The van der Waals surface area contributed by atoms with Gasteiger partial charge in [-0.25, -0.2) is 4.79 Å². The van der Waals surface area contributed by atoms with Crippen molar-refractivity contribution >= 4 is 22.8 Å². The molecule has 0 amide bonds. The second kappa shape index (κ2) is 7.16. The maximum absolute atomic E-state index is 13.1. The number of hydrogen-bond donors (Lipinski definition) is 0. The lowest BCUT2D eigenvalue weighted by atomic mass is 10.2. The molecule has 9 heteroatoms. The van der Waals surface area contributed by atoms with E-state index < -0.39 is 5.69 Å². The molecule has 0 saturated carbocycles. The number of methoxy groups -OCH3 is 2. The predicted octanol–water partition coefficient (Wildman–Crippen LogP) is 1.64. The largest absolute Gasteiger partial charge is 0.497 e. The standard InChI is InChI=1S/C20H23N5O4/c1-5-9-25-18(26)16-17(22(2)20(25)27)21-19-23(10-6-11-24(16)19)14-8-7-13(28-3)12-15(14)29-4/h5,7-8,12H,1,6,9-11H2,2-4H3. The van der Waals surface area contributed by atoms with Gasteiger partial charge >= 0.3 is 5.69 Å². The minimum Gasteiger partial charge on any atom is -0.497 e. The number of nitrogens with zero attached hydrogens (tertiary/aromatic N) is 5. The molecule has 0 bridgehead atoms. The van der Waals surface area contributed by atoms with Crippen molar-refractivity contribution in [3.8, 4) is 11.5 Å². The number of imidazole rings is 1. The number of fused-ring (bicyclic) bond motifs is 3. The number of aryl methyl sites for hydroxylation is 2. The van der Waals surface area contributed by atoms with Crippen LogP contribution in [-0.2, 0) is 20.1 Å². The van der Waals surface area contributed by atoms with E-state index in [4.69, 9.17) is 9.47 Å². The topological polar surface area (TPSA) is 83.5 Å². The van der Waals surface area contributed by atoms with Crippen molar-refractivity contribution in [1.82, 2.24) is 18.7 Å². The van der Waals surface area contributed by atoms with Crippen LogP contribution < -0.4 is 25.6 Å². The Balaban J connectivity index is 1.97. The van der Waals surface area contributed by atoms with Crippen LogP contribution in [0.25, 0.3) is 11.2 Å². The fourth-order valence-electron chi connectivity index (χ4n) is 3.79. The highest BCUT2D eigenvalue weighted by Gasteiger charge is 2.28. The molecule has 0 radical (unpaired) electrons. The maximum atomic E-state index is 13.1. The first-order chi connectivity index (χ1) is 14.0. The van der Waals surface area contributed by atoms with Gasteiger partial charge in [-0.3, -0.25) is 13.9 Å². The Hall–Kier alpha value is -3.49. The summed E-state index contributed by atoms with van der Waals surface area (Å²) in [4.78, 5) is 32.3. The molecule has 0 fully saturated rings. The molecule has 0 saturated heterocycles. The molecule has 0 atom stereocenters. The van der Waals surface area contributed by atoms with Crippen molar-refractivity contribution in [1.29, 1.82) is 0 Å². The lowest BCUT2D eigenvalue weighted by molar-refractivity contribution is 0.394. The molecule has 152 valence electrons. The molecule has 0 N–H and O–H groups in total. The van der Waals surface area contributed by atoms with Crippen molar-refractivity contribution < 1.29 is 9.47 Å². The van der Waals surface area contributed by atoms with Crippen LogP contribution in [0.3, 0.4) is 0 Å². The van der Waals surface area contributed by atoms with E-state index in [0.29, 0.717) is 41.7 Å². The normalized spacial score (nSPS) is 13.4. The van der Waals surface area contributed by atoms with Gasteiger partial charge in [0.2, 0.25) is 5.95 Å². The van der Waals surface area contributed by atoms with Crippen LogP contribution in [0.2, 0.25) is 0 Å². The Bertz CT molecular complexity index is 1220. The average Bonchev–Trinajstić information content (AvgIpc) is 3.14. The third kappa shape index (κ3) is 2.81. The predicted molar refractivity (Wildman–Crippen MR) is 111 cm³/mol. The van der Waals surface area contributed by atoms with E-state index in [0.717, 1.165) is 12.1 Å². The Kier molecular flexibility index (Phi) is 4.65. The van der Waals surface area contributed by atoms with Gasteiger partial charge in [-0.15, -0.1) is 6.58 Å². The third-order valence-corrected chi connectivity index (χ3v) is 5.21. The second-order valence-electron chi connectivity index (χ2n) is 6.82. The minimum absolute atomic E-state index is 0.151. The summed E-state index contributed by atoms with van der Waals surface area (Å²) < 4.78 is 15.3. The summed E-state index contributed by atoms with van der Waals surface area (Å²) in [6.45, 7) is 5.15. The van der Waals surface area contributed by atoms with E-state index in [1.807, 2.05) is 27.7 Å². The number of allylic oxidation sites excluding steroid dienone is 1. The third-order valence-electron chi connectivity index (χ3n) is 5.21. The fraction of sp³-hybridized carbons (Fsp3) is 0.350. The Labute approximate surface area is 167 Å². The molecule has 29 heavy (non-hydrogen) atoms. The summed E-state index contributed by atoms with van der Waals surface area (Å²) >= 11 is 0. The molecule has 1 aliphatic rings. The van der Waals surface area contributed by atoms with E-state index in [9.17, 15) is 9.59 Å². The molecular weight excluding hydrogens is 374 g/mol. The molecule has 0 aliphatic carbocycles. The quantitative estimate of drug-likeness (QED) is 0.609. The molecule has 1 aromatic carbocycles. The van der Waals surface area contributed by atoms with Gasteiger partial charge in [0.1, 0.15) is 11.5 Å². The number of aromatic nitrogens is 4. The Morgan fingerprint density at radius 1 is 1.21 bits per heavy atom. The number of anilines is 2. The highest BCUT2D eigenvalue weighted by Crippen LogP contribution is 2.38. The Morgan fingerprint density at radius 3 is 2.69 bits per heavy atom. The first-order valence-corrected chi connectivity index (χ1v) is 9.32. The lowest BCUT2D eigenvalue weighted by Crippen LogP contribution is -2.39. The summed E-state index contributed by atoms with van der Waals surface area (Å²) in [5.74, 6) is 1.94. The van der Waals surface area contributed by atoms with E-state index in [1.54, 1.807) is 21.3 Å². The average molecular weight is 397 g/mol. The molecule has 2 aromatic heterocycles. The zero-order chi connectivity index (χ0) is 20.7. The van der Waals surface area contributed by atoms with Gasteiger partial charge in [0.05, 0.1) is 19.9 Å². The van der Waals surface area contributed by atoms with Gasteiger partial charge in [0.25, 0.3) is 5.56 Å². The van der Waals surface area contributed by atoms with Crippen molar-refractivity contribution in [2.75, 3.05) is 25.7 Å². The molecule has 3 aromatic rings. The van der Waals surface area contributed by atoms with Crippen molar-refractivity contribution in [3.63, 3.8) is 0 Å². The summed E-state index contributed by atoms with van der Waals surface area (Å²) in [6, 6.07) is 5.57. The van der Waals surface area contributed by atoms with Gasteiger partial charge in [0.15, 0.2) is 11.2 Å². The van der Waals surface area contributed by atoms with Crippen LogP contribution in [0.4, 0.5) is 11.6 Å². The first-order valence-electron chi connectivity index (χ1n) is 9.32. The zero-order valence-corrected chi connectivity index (χ0v) is 16.7. The minimum atomic E-state index is -0.411.